The molecule has 5 heteroatoms. The Morgan fingerprint density at radius 2 is 1.71 bits per heavy atom. The minimum absolute atomic E-state index is 0.0488. The number of likely N-dealkylation sites (tertiary alicyclic amines) is 1. The van der Waals surface area contributed by atoms with Gasteiger partial charge in [0.25, 0.3) is 0 Å². The van der Waals surface area contributed by atoms with E-state index in [2.05, 4.69) is 11.9 Å². The zero-order valence-corrected chi connectivity index (χ0v) is 12.6. The van der Waals surface area contributed by atoms with E-state index in [0.29, 0.717) is 24.9 Å². The summed E-state index contributed by atoms with van der Waals surface area (Å²) in [5.41, 5.74) is 0. The molecule has 0 radical (unpaired) electrons. The second kappa shape index (κ2) is 5.79. The average Bonchev–Trinajstić information content (AvgIpc) is 2.71. The normalized spacial score (nSPS) is 36.5. The number of carboxylic acids is 1. The van der Waals surface area contributed by atoms with Crippen LogP contribution in [0, 0.1) is 11.8 Å². The van der Waals surface area contributed by atoms with Crippen LogP contribution in [0.5, 0.6) is 0 Å². The molecule has 3 rings (SSSR count). The van der Waals surface area contributed by atoms with E-state index in [4.69, 9.17) is 0 Å². The number of hydrogen-bond donors (Lipinski definition) is 1. The first-order valence-electron chi connectivity index (χ1n) is 7.96. The quantitative estimate of drug-likeness (QED) is 0.780. The second-order valence-corrected chi connectivity index (χ2v) is 6.62. The Morgan fingerprint density at radius 1 is 1.05 bits per heavy atom. The summed E-state index contributed by atoms with van der Waals surface area (Å²) in [5.74, 6) is -1.73. The number of likely N-dealkylation sites (N-methyl/N-ethyl adjacent to an activating group) is 1. The van der Waals surface area contributed by atoms with Gasteiger partial charge in [0.15, 0.2) is 0 Å². The lowest BCUT2D eigenvalue weighted by molar-refractivity contribution is -0.150. The van der Waals surface area contributed by atoms with Gasteiger partial charge in [0.1, 0.15) is 0 Å². The van der Waals surface area contributed by atoms with Gasteiger partial charge in [-0.3, -0.25) is 14.5 Å². The zero-order valence-electron chi connectivity index (χ0n) is 12.6. The molecular weight excluding hydrogens is 268 g/mol. The fourth-order valence-corrected chi connectivity index (χ4v) is 4.10. The van der Waals surface area contributed by atoms with Gasteiger partial charge in [0, 0.05) is 25.2 Å². The third-order valence-electron chi connectivity index (χ3n) is 5.53. The molecule has 0 aromatic heterocycles. The highest BCUT2D eigenvalue weighted by atomic mass is 16.4. The highest BCUT2D eigenvalue weighted by Gasteiger charge is 2.40. The van der Waals surface area contributed by atoms with Gasteiger partial charge in [-0.05, 0) is 39.2 Å². The van der Waals surface area contributed by atoms with Gasteiger partial charge in [-0.25, -0.2) is 0 Å². The number of allylic oxidation sites excluding steroid dienone is 2. The predicted octanol–water partition coefficient (Wildman–Crippen LogP) is 1.35. The van der Waals surface area contributed by atoms with Crippen LogP contribution >= 0.6 is 0 Å². The van der Waals surface area contributed by atoms with Gasteiger partial charge in [-0.15, -0.1) is 0 Å². The van der Waals surface area contributed by atoms with Crippen molar-refractivity contribution in [3.8, 4) is 0 Å². The summed E-state index contributed by atoms with van der Waals surface area (Å²) in [6, 6.07) is 1.04. The van der Waals surface area contributed by atoms with E-state index in [1.54, 1.807) is 0 Å². The number of nitrogens with zero attached hydrogens (tertiary/aromatic N) is 2. The topological polar surface area (TPSA) is 60.9 Å². The number of carbonyl (C=O) groups is 2. The fraction of sp³-hybridized carbons (Fsp3) is 0.750. The molecule has 2 bridgehead atoms. The number of fused-ring (bicyclic) bond motifs is 2. The molecule has 0 saturated carbocycles. The van der Waals surface area contributed by atoms with Crippen LogP contribution < -0.4 is 0 Å². The van der Waals surface area contributed by atoms with Crippen LogP contribution in [0.1, 0.15) is 32.1 Å². The van der Waals surface area contributed by atoms with E-state index in [0.717, 1.165) is 25.9 Å². The monoisotopic (exact) mass is 292 g/mol. The van der Waals surface area contributed by atoms with E-state index in [9.17, 15) is 14.7 Å². The molecule has 4 unspecified atom stereocenters. The van der Waals surface area contributed by atoms with E-state index in [1.807, 2.05) is 17.1 Å². The fourth-order valence-electron chi connectivity index (χ4n) is 4.10. The van der Waals surface area contributed by atoms with Gasteiger partial charge in [-0.1, -0.05) is 12.2 Å². The SMILES string of the molecule is CN1C2CCC1CN(C(=O)C1CC=CCC1C(=O)O)CC2. The molecule has 3 aliphatic rings. The smallest absolute Gasteiger partial charge is 0.307 e. The second-order valence-electron chi connectivity index (χ2n) is 6.62. The Hall–Kier alpha value is -1.36. The minimum atomic E-state index is -0.842. The molecule has 2 heterocycles. The predicted molar refractivity (Wildman–Crippen MR) is 78.8 cm³/mol. The average molecular weight is 292 g/mol. The number of hydrogen-bond acceptors (Lipinski definition) is 3. The first-order chi connectivity index (χ1) is 10.1. The lowest BCUT2D eigenvalue weighted by Gasteiger charge is -2.32. The zero-order chi connectivity index (χ0) is 15.0. The van der Waals surface area contributed by atoms with Crippen molar-refractivity contribution in [1.82, 2.24) is 9.80 Å². The number of aliphatic carboxylic acids is 1. The highest BCUT2D eigenvalue weighted by molar-refractivity contribution is 5.85. The Kier molecular flexibility index (Phi) is 4.02. The summed E-state index contributed by atoms with van der Waals surface area (Å²) in [5, 5.41) is 9.35. The third kappa shape index (κ3) is 2.71. The summed E-state index contributed by atoms with van der Waals surface area (Å²) >= 11 is 0. The molecule has 0 aromatic carbocycles. The molecular formula is C16H24N2O3. The molecule has 116 valence electrons. The lowest BCUT2D eigenvalue weighted by Crippen LogP contribution is -2.45. The molecule has 21 heavy (non-hydrogen) atoms. The van der Waals surface area contributed by atoms with Crippen LogP contribution in [0.3, 0.4) is 0 Å². The van der Waals surface area contributed by atoms with Gasteiger partial charge < -0.3 is 10.0 Å². The molecule has 2 fully saturated rings. The minimum Gasteiger partial charge on any atom is -0.481 e. The standard InChI is InChI=1S/C16H24N2O3/c1-17-11-6-7-12(17)10-18(9-8-11)15(19)13-4-2-3-5-14(13)16(20)21/h2-3,11-14H,4-10H2,1H3,(H,20,21). The van der Waals surface area contributed by atoms with Crippen molar-refractivity contribution >= 4 is 11.9 Å². The van der Waals surface area contributed by atoms with Crippen LogP contribution in [0.2, 0.25) is 0 Å². The molecule has 1 amide bonds. The molecule has 2 saturated heterocycles. The largest absolute Gasteiger partial charge is 0.481 e. The number of rotatable bonds is 2. The maximum Gasteiger partial charge on any atom is 0.307 e. The van der Waals surface area contributed by atoms with Gasteiger partial charge >= 0.3 is 5.97 Å². The molecule has 4 atom stereocenters. The highest BCUT2D eigenvalue weighted by Crippen LogP contribution is 2.32. The third-order valence-corrected chi connectivity index (χ3v) is 5.53. The van der Waals surface area contributed by atoms with Crippen molar-refractivity contribution in [2.24, 2.45) is 11.8 Å². The Labute approximate surface area is 125 Å². The Balaban J connectivity index is 1.72. The van der Waals surface area contributed by atoms with Crippen molar-refractivity contribution in [2.45, 2.75) is 44.2 Å². The molecule has 1 aliphatic carbocycles. The molecule has 0 spiro atoms. The van der Waals surface area contributed by atoms with Crippen LogP contribution in [-0.4, -0.2) is 59.0 Å². The van der Waals surface area contributed by atoms with Crippen molar-refractivity contribution in [3.63, 3.8) is 0 Å². The van der Waals surface area contributed by atoms with Crippen molar-refractivity contribution < 1.29 is 14.7 Å². The molecule has 5 nitrogen and oxygen atoms in total. The first-order valence-corrected chi connectivity index (χ1v) is 7.96. The van der Waals surface area contributed by atoms with E-state index in [-0.39, 0.29) is 11.8 Å². The van der Waals surface area contributed by atoms with Crippen molar-refractivity contribution in [2.75, 3.05) is 20.1 Å². The van der Waals surface area contributed by atoms with Crippen LogP contribution in [0.15, 0.2) is 12.2 Å². The maximum atomic E-state index is 12.8. The molecule has 1 N–H and O–H groups in total. The van der Waals surface area contributed by atoms with Crippen LogP contribution in [0.4, 0.5) is 0 Å². The van der Waals surface area contributed by atoms with E-state index >= 15 is 0 Å². The lowest BCUT2D eigenvalue weighted by atomic mass is 9.82. The van der Waals surface area contributed by atoms with E-state index < -0.39 is 11.9 Å². The van der Waals surface area contributed by atoms with Crippen LogP contribution in [0.25, 0.3) is 0 Å². The summed E-state index contributed by atoms with van der Waals surface area (Å²) in [6.45, 7) is 1.54. The number of amides is 1. The first kappa shape index (κ1) is 14.6. The molecule has 2 aliphatic heterocycles. The summed E-state index contributed by atoms with van der Waals surface area (Å²) < 4.78 is 0. The maximum absolute atomic E-state index is 12.8. The molecule has 0 aromatic rings. The Morgan fingerprint density at radius 3 is 2.43 bits per heavy atom. The summed E-state index contributed by atoms with van der Waals surface area (Å²) in [4.78, 5) is 28.5. The summed E-state index contributed by atoms with van der Waals surface area (Å²) in [6.07, 6.45) is 8.28. The van der Waals surface area contributed by atoms with Crippen molar-refractivity contribution in [3.05, 3.63) is 12.2 Å². The van der Waals surface area contributed by atoms with Gasteiger partial charge in [0.05, 0.1) is 11.8 Å². The van der Waals surface area contributed by atoms with Crippen molar-refractivity contribution in [1.29, 1.82) is 0 Å². The van der Waals surface area contributed by atoms with E-state index in [1.165, 1.54) is 6.42 Å². The summed E-state index contributed by atoms with van der Waals surface area (Å²) in [7, 11) is 2.15. The number of carbonyl (C=O) groups excluding carboxylic acids is 1. The van der Waals surface area contributed by atoms with Crippen LogP contribution in [-0.2, 0) is 9.59 Å². The van der Waals surface area contributed by atoms with Gasteiger partial charge in [-0.2, -0.15) is 0 Å². The van der Waals surface area contributed by atoms with Gasteiger partial charge in [0.2, 0.25) is 5.91 Å². The number of carboxylic acid groups (broad SMARTS) is 1. The Bertz CT molecular complexity index is 462.